The van der Waals surface area contributed by atoms with Crippen molar-refractivity contribution in [3.8, 4) is 0 Å². The molecule has 0 aromatic rings. The third kappa shape index (κ3) is 5.63. The number of piperazine rings is 1. The molecule has 0 saturated carbocycles. The largest absolute Gasteiger partial charge is 0.368 e. The maximum atomic E-state index is 12.6. The van der Waals surface area contributed by atoms with Crippen molar-refractivity contribution in [2.24, 2.45) is 16.8 Å². The number of carbonyl (C=O) groups is 1. The molecule has 0 spiro atoms. The van der Waals surface area contributed by atoms with Crippen LogP contribution in [0.25, 0.3) is 0 Å². The van der Waals surface area contributed by atoms with E-state index in [9.17, 15) is 4.79 Å². The minimum atomic E-state index is -0.214. The molecule has 3 atom stereocenters. The molecule has 0 aromatic heterocycles. The van der Waals surface area contributed by atoms with Gasteiger partial charge in [-0.1, -0.05) is 13.8 Å². The summed E-state index contributed by atoms with van der Waals surface area (Å²) < 4.78 is 5.57. The lowest BCUT2D eigenvalue weighted by atomic mass is 9.88. The van der Waals surface area contributed by atoms with Crippen LogP contribution < -0.4 is 5.32 Å². The lowest BCUT2D eigenvalue weighted by Crippen LogP contribution is -2.59. The lowest BCUT2D eigenvalue weighted by molar-refractivity contribution is -0.142. The highest BCUT2D eigenvalue weighted by molar-refractivity contribution is 5.82. The standard InChI is InChI=1S/C22H41N5O2/c1-17-13-18(2)15-27(14-17)22(3,4)16-24-21(23-5)26-10-8-25(9-11-26)20(28)19-7-6-12-29-19/h17-19H,6-16H2,1-5H3,(H,23,24). The van der Waals surface area contributed by atoms with Gasteiger partial charge in [0.05, 0.1) is 0 Å². The molecule has 1 amide bonds. The fourth-order valence-electron chi connectivity index (χ4n) is 5.01. The van der Waals surface area contributed by atoms with E-state index in [-0.39, 0.29) is 17.6 Å². The van der Waals surface area contributed by atoms with Gasteiger partial charge >= 0.3 is 0 Å². The zero-order valence-electron chi connectivity index (χ0n) is 19.1. The number of piperidine rings is 1. The van der Waals surface area contributed by atoms with Crippen LogP contribution in [0.3, 0.4) is 0 Å². The highest BCUT2D eigenvalue weighted by Crippen LogP contribution is 2.27. The van der Waals surface area contributed by atoms with E-state index in [2.05, 4.69) is 47.8 Å². The van der Waals surface area contributed by atoms with E-state index in [1.54, 1.807) is 0 Å². The predicted octanol–water partition coefficient (Wildman–Crippen LogP) is 1.64. The van der Waals surface area contributed by atoms with Crippen LogP contribution in [0.2, 0.25) is 0 Å². The van der Waals surface area contributed by atoms with Gasteiger partial charge in [0.2, 0.25) is 0 Å². The molecule has 7 nitrogen and oxygen atoms in total. The van der Waals surface area contributed by atoms with Gasteiger partial charge in [-0.2, -0.15) is 0 Å². The van der Waals surface area contributed by atoms with Crippen molar-refractivity contribution in [3.63, 3.8) is 0 Å². The fraction of sp³-hybridized carbons (Fsp3) is 0.909. The Hall–Kier alpha value is -1.34. The lowest BCUT2D eigenvalue weighted by Gasteiger charge is -2.46. The predicted molar refractivity (Wildman–Crippen MR) is 117 cm³/mol. The summed E-state index contributed by atoms with van der Waals surface area (Å²) in [5.74, 6) is 2.62. The Morgan fingerprint density at radius 3 is 2.28 bits per heavy atom. The number of ether oxygens (including phenoxy) is 1. The first-order valence-corrected chi connectivity index (χ1v) is 11.4. The van der Waals surface area contributed by atoms with Crippen LogP contribution in [0.1, 0.15) is 47.0 Å². The van der Waals surface area contributed by atoms with Crippen molar-refractivity contribution < 1.29 is 9.53 Å². The Bertz CT molecular complexity index is 570. The molecule has 0 aromatic carbocycles. The van der Waals surface area contributed by atoms with Crippen molar-refractivity contribution in [1.82, 2.24) is 20.0 Å². The average molecular weight is 408 g/mol. The van der Waals surface area contributed by atoms with Gasteiger partial charge in [0.25, 0.3) is 5.91 Å². The average Bonchev–Trinajstić information content (AvgIpc) is 3.22. The summed E-state index contributed by atoms with van der Waals surface area (Å²) in [5, 5.41) is 3.61. The van der Waals surface area contributed by atoms with Crippen LogP contribution in [-0.4, -0.2) is 97.7 Å². The second kappa shape index (κ2) is 9.65. The molecular formula is C22H41N5O2. The summed E-state index contributed by atoms with van der Waals surface area (Å²) in [6.07, 6.45) is 2.98. The zero-order chi connectivity index (χ0) is 21.0. The molecule has 0 aliphatic carbocycles. The number of hydrogen-bond donors (Lipinski definition) is 1. The Kier molecular flexibility index (Phi) is 7.43. The van der Waals surface area contributed by atoms with Crippen molar-refractivity contribution >= 4 is 11.9 Å². The van der Waals surface area contributed by atoms with Crippen LogP contribution in [-0.2, 0) is 9.53 Å². The van der Waals surface area contributed by atoms with Gasteiger partial charge in [0.15, 0.2) is 5.96 Å². The van der Waals surface area contributed by atoms with Crippen molar-refractivity contribution in [2.45, 2.75) is 58.6 Å². The first-order chi connectivity index (χ1) is 13.8. The van der Waals surface area contributed by atoms with Crippen LogP contribution >= 0.6 is 0 Å². The van der Waals surface area contributed by atoms with Crippen molar-refractivity contribution in [1.29, 1.82) is 0 Å². The highest BCUT2D eigenvalue weighted by Gasteiger charge is 2.34. The first-order valence-electron chi connectivity index (χ1n) is 11.4. The summed E-state index contributed by atoms with van der Waals surface area (Å²) in [6, 6.07) is 0. The summed E-state index contributed by atoms with van der Waals surface area (Å²) >= 11 is 0. The van der Waals surface area contributed by atoms with Gasteiger partial charge < -0.3 is 19.9 Å². The molecule has 0 radical (unpaired) electrons. The molecule has 3 saturated heterocycles. The van der Waals surface area contributed by atoms with Gasteiger partial charge in [0.1, 0.15) is 6.10 Å². The number of aliphatic imine (C=N–C) groups is 1. The van der Waals surface area contributed by atoms with Crippen molar-refractivity contribution in [3.05, 3.63) is 0 Å². The van der Waals surface area contributed by atoms with E-state index in [4.69, 9.17) is 4.74 Å². The van der Waals surface area contributed by atoms with E-state index in [0.717, 1.165) is 70.0 Å². The molecule has 7 heteroatoms. The number of nitrogens with one attached hydrogen (secondary N) is 1. The molecule has 166 valence electrons. The van der Waals surface area contributed by atoms with Crippen LogP contribution in [0.5, 0.6) is 0 Å². The highest BCUT2D eigenvalue weighted by atomic mass is 16.5. The molecule has 3 unspecified atom stereocenters. The van der Waals surface area contributed by atoms with E-state index in [1.165, 1.54) is 19.5 Å². The normalized spacial score (nSPS) is 30.0. The third-order valence-electron chi connectivity index (χ3n) is 6.71. The van der Waals surface area contributed by atoms with Crippen LogP contribution in [0.15, 0.2) is 4.99 Å². The minimum Gasteiger partial charge on any atom is -0.368 e. The SMILES string of the molecule is CN=C(NCC(C)(C)N1CC(C)CC(C)C1)N1CCN(C(=O)C2CCCO2)CC1. The monoisotopic (exact) mass is 407 g/mol. The third-order valence-corrected chi connectivity index (χ3v) is 6.71. The minimum absolute atomic E-state index is 0.0798. The number of likely N-dealkylation sites (tertiary alicyclic amines) is 1. The van der Waals surface area contributed by atoms with E-state index < -0.39 is 0 Å². The maximum Gasteiger partial charge on any atom is 0.251 e. The smallest absolute Gasteiger partial charge is 0.251 e. The fourth-order valence-corrected chi connectivity index (χ4v) is 5.01. The van der Waals surface area contributed by atoms with E-state index in [0.29, 0.717) is 0 Å². The van der Waals surface area contributed by atoms with Gasteiger partial charge in [-0.25, -0.2) is 0 Å². The van der Waals surface area contributed by atoms with E-state index >= 15 is 0 Å². The summed E-state index contributed by atoms with van der Waals surface area (Å²) in [5.41, 5.74) is 0.0798. The van der Waals surface area contributed by atoms with Gasteiger partial charge in [-0.15, -0.1) is 0 Å². The first kappa shape index (κ1) is 22.3. The number of rotatable bonds is 4. The second-order valence-corrected chi connectivity index (χ2v) is 9.88. The topological polar surface area (TPSA) is 60.4 Å². The Balaban J connectivity index is 1.48. The van der Waals surface area contributed by atoms with Gasteiger partial charge in [-0.3, -0.25) is 14.7 Å². The van der Waals surface area contributed by atoms with Gasteiger partial charge in [-0.05, 0) is 44.9 Å². The Morgan fingerprint density at radius 1 is 1.10 bits per heavy atom. The molecule has 1 N–H and O–H groups in total. The Labute approximate surface area is 176 Å². The zero-order valence-corrected chi connectivity index (χ0v) is 19.1. The molecular weight excluding hydrogens is 366 g/mol. The molecule has 0 bridgehead atoms. The molecule has 3 aliphatic rings. The molecule has 29 heavy (non-hydrogen) atoms. The summed E-state index contributed by atoms with van der Waals surface area (Å²) in [4.78, 5) is 23.9. The Morgan fingerprint density at radius 2 is 1.72 bits per heavy atom. The summed E-state index contributed by atoms with van der Waals surface area (Å²) in [7, 11) is 1.85. The van der Waals surface area contributed by atoms with E-state index in [1.807, 2.05) is 11.9 Å². The van der Waals surface area contributed by atoms with Crippen LogP contribution in [0.4, 0.5) is 0 Å². The molecule has 3 heterocycles. The summed E-state index contributed by atoms with van der Waals surface area (Å²) in [6.45, 7) is 16.4. The quantitative estimate of drug-likeness (QED) is 0.567. The molecule has 3 rings (SSSR count). The second-order valence-electron chi connectivity index (χ2n) is 9.88. The molecule has 3 fully saturated rings. The number of amides is 1. The number of guanidine groups is 1. The number of hydrogen-bond acceptors (Lipinski definition) is 4. The molecule has 3 aliphatic heterocycles. The van der Waals surface area contributed by atoms with Gasteiger partial charge in [0, 0.05) is 65.0 Å². The number of carbonyl (C=O) groups excluding carboxylic acids is 1. The van der Waals surface area contributed by atoms with Crippen LogP contribution in [0, 0.1) is 11.8 Å². The number of nitrogens with zero attached hydrogens (tertiary/aromatic N) is 4. The van der Waals surface area contributed by atoms with Crippen molar-refractivity contribution in [2.75, 3.05) is 59.5 Å². The maximum absolute atomic E-state index is 12.6.